The molecule has 0 heterocycles. The quantitative estimate of drug-likeness (QED) is 0.853. The van der Waals surface area contributed by atoms with Gasteiger partial charge in [-0.3, -0.25) is 0 Å². The summed E-state index contributed by atoms with van der Waals surface area (Å²) in [5.41, 5.74) is 6.59. The van der Waals surface area contributed by atoms with Crippen molar-refractivity contribution < 1.29 is 13.2 Å². The second-order valence-corrected chi connectivity index (χ2v) is 6.48. The van der Waals surface area contributed by atoms with E-state index in [2.05, 4.69) is 0 Å². The Morgan fingerprint density at radius 2 is 1.67 bits per heavy atom. The molecule has 0 saturated carbocycles. The van der Waals surface area contributed by atoms with E-state index < -0.39 is 9.84 Å². The highest BCUT2D eigenvalue weighted by Gasteiger charge is 2.14. The lowest BCUT2D eigenvalue weighted by Crippen LogP contribution is -2.14. The van der Waals surface area contributed by atoms with Crippen LogP contribution in [0.15, 0.2) is 53.4 Å². The third-order valence-electron chi connectivity index (χ3n) is 2.84. The summed E-state index contributed by atoms with van der Waals surface area (Å²) in [5, 5.41) is 8.69. The molecule has 0 bridgehead atoms. The molecule has 0 aliphatic rings. The van der Waals surface area contributed by atoms with Crippen molar-refractivity contribution in [1.82, 2.24) is 0 Å². The SMILES string of the molecule is N#Cc1ccc(S(=O)(=O)CCOc2ccc(N)cc2)cc1. The lowest BCUT2D eigenvalue weighted by Gasteiger charge is -2.07. The molecule has 0 amide bonds. The molecular weight excluding hydrogens is 288 g/mol. The van der Waals surface area contributed by atoms with E-state index in [1.165, 1.54) is 24.3 Å². The first-order valence-electron chi connectivity index (χ1n) is 6.22. The van der Waals surface area contributed by atoms with Crippen molar-refractivity contribution in [2.24, 2.45) is 0 Å². The van der Waals surface area contributed by atoms with Gasteiger partial charge in [-0.2, -0.15) is 5.26 Å². The molecule has 0 radical (unpaired) electrons. The predicted octanol–water partition coefficient (Wildman–Crippen LogP) is 1.99. The first-order valence-corrected chi connectivity index (χ1v) is 7.88. The standard InChI is InChI=1S/C15H14N2O3S/c16-11-12-1-7-15(8-2-12)21(18,19)10-9-20-14-5-3-13(17)4-6-14/h1-8H,9-10,17H2. The van der Waals surface area contributed by atoms with Gasteiger partial charge in [-0.1, -0.05) is 0 Å². The zero-order chi connectivity index (χ0) is 15.3. The maximum atomic E-state index is 12.1. The van der Waals surface area contributed by atoms with Crippen LogP contribution in [-0.2, 0) is 9.84 Å². The Morgan fingerprint density at radius 3 is 2.24 bits per heavy atom. The third kappa shape index (κ3) is 3.97. The molecule has 2 rings (SSSR count). The first-order chi connectivity index (χ1) is 10.0. The van der Waals surface area contributed by atoms with E-state index >= 15 is 0 Å². The van der Waals surface area contributed by atoms with Gasteiger partial charge in [0.15, 0.2) is 9.84 Å². The van der Waals surface area contributed by atoms with Crippen LogP contribution in [0.3, 0.4) is 0 Å². The van der Waals surface area contributed by atoms with Crippen molar-refractivity contribution in [2.75, 3.05) is 18.1 Å². The molecule has 6 heteroatoms. The molecule has 0 aromatic heterocycles. The Bertz CT molecular complexity index is 745. The van der Waals surface area contributed by atoms with Gasteiger partial charge in [0.05, 0.1) is 22.3 Å². The molecule has 0 aliphatic carbocycles. The number of hydrogen-bond donors (Lipinski definition) is 1. The number of nitriles is 1. The second kappa shape index (κ2) is 6.29. The molecule has 0 fully saturated rings. The lowest BCUT2D eigenvalue weighted by molar-refractivity contribution is 0.341. The van der Waals surface area contributed by atoms with Crippen molar-refractivity contribution >= 4 is 15.5 Å². The maximum Gasteiger partial charge on any atom is 0.181 e. The zero-order valence-electron chi connectivity index (χ0n) is 11.2. The van der Waals surface area contributed by atoms with Crippen LogP contribution >= 0.6 is 0 Å². The molecule has 108 valence electrons. The number of hydrogen-bond acceptors (Lipinski definition) is 5. The smallest absolute Gasteiger partial charge is 0.181 e. The fraction of sp³-hybridized carbons (Fsp3) is 0.133. The highest BCUT2D eigenvalue weighted by atomic mass is 32.2. The number of benzene rings is 2. The van der Waals surface area contributed by atoms with Gasteiger partial charge >= 0.3 is 0 Å². The minimum absolute atomic E-state index is 0.0479. The Hall–Kier alpha value is -2.52. The minimum atomic E-state index is -3.42. The first kappa shape index (κ1) is 14.9. The summed E-state index contributed by atoms with van der Waals surface area (Å²) in [6, 6.07) is 14.5. The summed E-state index contributed by atoms with van der Waals surface area (Å²) < 4.78 is 29.6. The summed E-state index contributed by atoms with van der Waals surface area (Å²) in [7, 11) is -3.42. The van der Waals surface area contributed by atoms with E-state index in [4.69, 9.17) is 15.7 Å². The number of nitrogen functional groups attached to an aromatic ring is 1. The summed E-state index contributed by atoms with van der Waals surface area (Å²) in [5.74, 6) is 0.433. The van der Waals surface area contributed by atoms with Crippen LogP contribution in [0, 0.1) is 11.3 Å². The Kier molecular flexibility index (Phi) is 4.45. The van der Waals surface area contributed by atoms with Gasteiger partial charge in [-0.05, 0) is 48.5 Å². The van der Waals surface area contributed by atoms with Gasteiger partial charge in [0.25, 0.3) is 0 Å². The van der Waals surface area contributed by atoms with Crippen molar-refractivity contribution in [3.63, 3.8) is 0 Å². The van der Waals surface area contributed by atoms with E-state index in [1.807, 2.05) is 6.07 Å². The Morgan fingerprint density at radius 1 is 1.05 bits per heavy atom. The number of rotatable bonds is 5. The fourth-order valence-electron chi connectivity index (χ4n) is 1.69. The molecule has 0 saturated heterocycles. The van der Waals surface area contributed by atoms with Gasteiger partial charge in [-0.15, -0.1) is 0 Å². The molecule has 0 aliphatic heterocycles. The van der Waals surface area contributed by atoms with Crippen LogP contribution in [0.2, 0.25) is 0 Å². The van der Waals surface area contributed by atoms with Gasteiger partial charge < -0.3 is 10.5 Å². The number of sulfone groups is 1. The van der Waals surface area contributed by atoms with E-state index in [-0.39, 0.29) is 17.3 Å². The summed E-state index contributed by atoms with van der Waals surface area (Å²) in [6.45, 7) is 0.0479. The Labute approximate surface area is 123 Å². The normalized spacial score (nSPS) is 10.8. The molecule has 2 aromatic carbocycles. The van der Waals surface area contributed by atoms with E-state index in [0.29, 0.717) is 17.0 Å². The summed E-state index contributed by atoms with van der Waals surface area (Å²) >= 11 is 0. The van der Waals surface area contributed by atoms with Crippen LogP contribution in [0.5, 0.6) is 5.75 Å². The van der Waals surface area contributed by atoms with Crippen LogP contribution in [-0.4, -0.2) is 20.8 Å². The monoisotopic (exact) mass is 302 g/mol. The zero-order valence-corrected chi connectivity index (χ0v) is 12.0. The number of anilines is 1. The summed E-state index contributed by atoms with van der Waals surface area (Å²) in [6.07, 6.45) is 0. The number of nitrogens with zero attached hydrogens (tertiary/aromatic N) is 1. The molecule has 0 spiro atoms. The maximum absolute atomic E-state index is 12.1. The average molecular weight is 302 g/mol. The van der Waals surface area contributed by atoms with Gasteiger partial charge in [0.2, 0.25) is 0 Å². The van der Waals surface area contributed by atoms with E-state index in [0.717, 1.165) is 0 Å². The Balaban J connectivity index is 1.97. The van der Waals surface area contributed by atoms with E-state index in [1.54, 1.807) is 24.3 Å². The number of nitrogens with two attached hydrogens (primary N) is 1. The fourth-order valence-corrected chi connectivity index (χ4v) is 2.78. The van der Waals surface area contributed by atoms with Gasteiger partial charge in [0, 0.05) is 5.69 Å². The van der Waals surface area contributed by atoms with E-state index in [9.17, 15) is 8.42 Å². The highest BCUT2D eigenvalue weighted by Crippen LogP contribution is 2.15. The molecule has 5 nitrogen and oxygen atoms in total. The molecule has 0 unspecified atom stereocenters. The topological polar surface area (TPSA) is 93.2 Å². The highest BCUT2D eigenvalue weighted by molar-refractivity contribution is 7.91. The van der Waals surface area contributed by atoms with Crippen molar-refractivity contribution in [1.29, 1.82) is 5.26 Å². The van der Waals surface area contributed by atoms with Crippen molar-refractivity contribution in [3.05, 3.63) is 54.1 Å². The molecular formula is C15H14N2O3S. The van der Waals surface area contributed by atoms with Crippen LogP contribution in [0.25, 0.3) is 0 Å². The lowest BCUT2D eigenvalue weighted by atomic mass is 10.2. The third-order valence-corrected chi connectivity index (χ3v) is 4.54. The van der Waals surface area contributed by atoms with Gasteiger partial charge in [-0.25, -0.2) is 8.42 Å². The van der Waals surface area contributed by atoms with Crippen molar-refractivity contribution in [3.8, 4) is 11.8 Å². The largest absolute Gasteiger partial charge is 0.493 e. The molecule has 2 N–H and O–H groups in total. The molecule has 2 aromatic rings. The van der Waals surface area contributed by atoms with Crippen LogP contribution in [0.4, 0.5) is 5.69 Å². The summed E-state index contributed by atoms with van der Waals surface area (Å²) in [4.78, 5) is 0.183. The predicted molar refractivity (Wildman–Crippen MR) is 79.6 cm³/mol. The average Bonchev–Trinajstić information content (AvgIpc) is 2.49. The van der Waals surface area contributed by atoms with Gasteiger partial charge in [0.1, 0.15) is 12.4 Å². The molecule has 21 heavy (non-hydrogen) atoms. The second-order valence-electron chi connectivity index (χ2n) is 4.37. The van der Waals surface area contributed by atoms with Crippen molar-refractivity contribution in [2.45, 2.75) is 4.90 Å². The van der Waals surface area contributed by atoms with Crippen LogP contribution in [0.1, 0.15) is 5.56 Å². The minimum Gasteiger partial charge on any atom is -0.493 e. The molecule has 0 atom stereocenters. The number of ether oxygens (including phenoxy) is 1. The van der Waals surface area contributed by atoms with Crippen LogP contribution < -0.4 is 10.5 Å².